The van der Waals surface area contributed by atoms with Crippen LogP contribution in [0, 0.1) is 11.6 Å². The number of hydrogen-bond acceptors (Lipinski definition) is 3. The molecule has 1 aromatic rings. The summed E-state index contributed by atoms with van der Waals surface area (Å²) < 4.78 is 26.8. The predicted octanol–water partition coefficient (Wildman–Crippen LogP) is 1.84. The summed E-state index contributed by atoms with van der Waals surface area (Å²) in [5.41, 5.74) is 5.70. The van der Waals surface area contributed by atoms with Gasteiger partial charge in [0.15, 0.2) is 11.6 Å². The number of hydrogen-bond donors (Lipinski definition) is 3. The molecule has 8 heteroatoms. The summed E-state index contributed by atoms with van der Waals surface area (Å²) in [6.45, 7) is 3.48. The van der Waals surface area contributed by atoms with Crippen LogP contribution in [0.4, 0.5) is 19.3 Å². The molecule has 0 aromatic heterocycles. The third kappa shape index (κ3) is 4.29. The number of carbonyl (C=O) groups excluding carboxylic acids is 2. The molecule has 6 nitrogen and oxygen atoms in total. The SMILES string of the molecule is CC(NC(=O)c1cc(F)c(F)cc1NC(N)=O)C1=CCN(C)CC1. The van der Waals surface area contributed by atoms with Gasteiger partial charge < -0.3 is 21.3 Å². The number of nitrogens with zero attached hydrogens (tertiary/aromatic N) is 1. The molecule has 4 N–H and O–H groups in total. The van der Waals surface area contributed by atoms with Gasteiger partial charge in [0.05, 0.1) is 11.3 Å². The molecule has 0 saturated carbocycles. The van der Waals surface area contributed by atoms with E-state index in [1.807, 2.05) is 20.0 Å². The molecular formula is C16H20F2N4O2. The van der Waals surface area contributed by atoms with Crippen LogP contribution in [0.25, 0.3) is 0 Å². The lowest BCUT2D eigenvalue weighted by molar-refractivity contribution is 0.0944. The van der Waals surface area contributed by atoms with Crippen LogP contribution >= 0.6 is 0 Å². The van der Waals surface area contributed by atoms with Crippen molar-refractivity contribution in [3.8, 4) is 0 Å². The third-order valence-corrected chi connectivity index (χ3v) is 3.91. The first kappa shape index (κ1) is 17.9. The third-order valence-electron chi connectivity index (χ3n) is 3.91. The average Bonchev–Trinajstić information content (AvgIpc) is 2.50. The second-order valence-electron chi connectivity index (χ2n) is 5.79. The van der Waals surface area contributed by atoms with Gasteiger partial charge in [0.2, 0.25) is 0 Å². The van der Waals surface area contributed by atoms with Crippen molar-refractivity contribution in [2.45, 2.75) is 19.4 Å². The Morgan fingerprint density at radius 1 is 1.29 bits per heavy atom. The van der Waals surface area contributed by atoms with E-state index < -0.39 is 23.6 Å². The van der Waals surface area contributed by atoms with Gasteiger partial charge in [-0.1, -0.05) is 6.08 Å². The second kappa shape index (κ2) is 7.39. The first-order valence-corrected chi connectivity index (χ1v) is 7.51. The van der Waals surface area contributed by atoms with Crippen molar-refractivity contribution in [3.63, 3.8) is 0 Å². The number of benzene rings is 1. The van der Waals surface area contributed by atoms with Gasteiger partial charge >= 0.3 is 6.03 Å². The van der Waals surface area contributed by atoms with Crippen molar-refractivity contribution in [1.29, 1.82) is 0 Å². The topological polar surface area (TPSA) is 87.5 Å². The first-order valence-electron chi connectivity index (χ1n) is 7.51. The fourth-order valence-corrected chi connectivity index (χ4v) is 2.52. The Morgan fingerprint density at radius 2 is 1.96 bits per heavy atom. The monoisotopic (exact) mass is 338 g/mol. The molecule has 0 fully saturated rings. The van der Waals surface area contributed by atoms with Crippen LogP contribution in [0.2, 0.25) is 0 Å². The Hall–Kier alpha value is -2.48. The summed E-state index contributed by atoms with van der Waals surface area (Å²) >= 11 is 0. The smallest absolute Gasteiger partial charge is 0.316 e. The summed E-state index contributed by atoms with van der Waals surface area (Å²) in [7, 11) is 2.00. The van der Waals surface area contributed by atoms with Gasteiger partial charge in [0, 0.05) is 25.2 Å². The first-order chi connectivity index (χ1) is 11.3. The number of primary amides is 1. The summed E-state index contributed by atoms with van der Waals surface area (Å²) in [5, 5.41) is 4.87. The van der Waals surface area contributed by atoms with Crippen molar-refractivity contribution in [2.24, 2.45) is 5.73 Å². The number of nitrogens with two attached hydrogens (primary N) is 1. The summed E-state index contributed by atoms with van der Waals surface area (Å²) in [6, 6.07) is 0.238. The van der Waals surface area contributed by atoms with Crippen LogP contribution in [0.5, 0.6) is 0 Å². The van der Waals surface area contributed by atoms with Gasteiger partial charge in [-0.25, -0.2) is 13.6 Å². The van der Waals surface area contributed by atoms with Crippen molar-refractivity contribution in [1.82, 2.24) is 10.2 Å². The van der Waals surface area contributed by atoms with Gasteiger partial charge in [0.1, 0.15) is 0 Å². The number of amides is 3. The zero-order valence-electron chi connectivity index (χ0n) is 13.5. The molecule has 1 heterocycles. The minimum atomic E-state index is -1.18. The van der Waals surface area contributed by atoms with E-state index in [-0.39, 0.29) is 17.3 Å². The number of nitrogens with one attached hydrogen (secondary N) is 2. The highest BCUT2D eigenvalue weighted by Gasteiger charge is 2.21. The van der Waals surface area contributed by atoms with Crippen molar-refractivity contribution in [2.75, 3.05) is 25.5 Å². The normalized spacial score (nSPS) is 16.2. The molecule has 24 heavy (non-hydrogen) atoms. The molecule has 0 radical (unpaired) electrons. The minimum Gasteiger partial charge on any atom is -0.351 e. The number of anilines is 1. The van der Waals surface area contributed by atoms with E-state index in [0.717, 1.165) is 37.2 Å². The molecule has 1 unspecified atom stereocenters. The number of urea groups is 1. The van der Waals surface area contributed by atoms with Gasteiger partial charge in [0.25, 0.3) is 5.91 Å². The van der Waals surface area contributed by atoms with Crippen LogP contribution in [-0.2, 0) is 0 Å². The van der Waals surface area contributed by atoms with Gasteiger partial charge in [-0.15, -0.1) is 0 Å². The van der Waals surface area contributed by atoms with E-state index in [9.17, 15) is 18.4 Å². The molecule has 1 aliphatic heterocycles. The van der Waals surface area contributed by atoms with E-state index in [4.69, 9.17) is 5.73 Å². The van der Waals surface area contributed by atoms with E-state index in [1.54, 1.807) is 0 Å². The highest BCUT2D eigenvalue weighted by atomic mass is 19.2. The van der Waals surface area contributed by atoms with Crippen LogP contribution in [0.15, 0.2) is 23.8 Å². The van der Waals surface area contributed by atoms with Gasteiger partial charge in [-0.2, -0.15) is 0 Å². The summed E-state index contributed by atoms with van der Waals surface area (Å²) in [6.07, 6.45) is 2.84. The predicted molar refractivity (Wildman–Crippen MR) is 86.7 cm³/mol. The lowest BCUT2D eigenvalue weighted by atomic mass is 10.0. The number of likely N-dealkylation sites (N-methyl/N-ethyl adjacent to an activating group) is 1. The van der Waals surface area contributed by atoms with Crippen molar-refractivity contribution < 1.29 is 18.4 Å². The molecule has 0 saturated heterocycles. The summed E-state index contributed by atoms with van der Waals surface area (Å²) in [4.78, 5) is 25.5. The van der Waals surface area contributed by atoms with E-state index >= 15 is 0 Å². The molecule has 0 aliphatic carbocycles. The van der Waals surface area contributed by atoms with Crippen LogP contribution in [0.3, 0.4) is 0 Å². The standard InChI is InChI=1S/C16H20F2N4O2/c1-9(10-3-5-22(2)6-4-10)20-15(23)11-7-12(17)13(18)8-14(11)21-16(19)24/h3,7-9H,4-6H2,1-2H3,(H,20,23)(H3,19,21,24). The molecular weight excluding hydrogens is 318 g/mol. The van der Waals surface area contributed by atoms with E-state index in [2.05, 4.69) is 15.5 Å². The molecule has 2 rings (SSSR count). The average molecular weight is 338 g/mol. The van der Waals surface area contributed by atoms with E-state index in [0.29, 0.717) is 0 Å². The zero-order chi connectivity index (χ0) is 17.9. The molecule has 1 atom stereocenters. The summed E-state index contributed by atoms with van der Waals surface area (Å²) in [5.74, 6) is -2.98. The van der Waals surface area contributed by atoms with Crippen LogP contribution in [-0.4, -0.2) is 43.0 Å². The minimum absolute atomic E-state index is 0.177. The lowest BCUT2D eigenvalue weighted by Crippen LogP contribution is -2.37. The number of carbonyl (C=O) groups is 2. The lowest BCUT2D eigenvalue weighted by Gasteiger charge is -2.26. The Kier molecular flexibility index (Phi) is 5.50. The maximum atomic E-state index is 13.5. The van der Waals surface area contributed by atoms with Crippen LogP contribution in [0.1, 0.15) is 23.7 Å². The van der Waals surface area contributed by atoms with Gasteiger partial charge in [-0.05, 0) is 32.0 Å². The van der Waals surface area contributed by atoms with Crippen molar-refractivity contribution >= 4 is 17.6 Å². The fraction of sp³-hybridized carbons (Fsp3) is 0.375. The Labute approximate surface area is 138 Å². The highest BCUT2D eigenvalue weighted by Crippen LogP contribution is 2.21. The maximum absolute atomic E-state index is 13.5. The highest BCUT2D eigenvalue weighted by molar-refractivity contribution is 6.03. The molecule has 0 spiro atoms. The van der Waals surface area contributed by atoms with Gasteiger partial charge in [-0.3, -0.25) is 4.79 Å². The number of halogens is 2. The fourth-order valence-electron chi connectivity index (χ4n) is 2.52. The Bertz CT molecular complexity index is 691. The Morgan fingerprint density at radius 3 is 2.54 bits per heavy atom. The molecule has 0 bridgehead atoms. The molecule has 3 amide bonds. The molecule has 1 aliphatic rings. The molecule has 1 aromatic carbocycles. The van der Waals surface area contributed by atoms with Crippen LogP contribution < -0.4 is 16.4 Å². The van der Waals surface area contributed by atoms with E-state index in [1.165, 1.54) is 0 Å². The molecule has 130 valence electrons. The second-order valence-corrected chi connectivity index (χ2v) is 5.79. The quantitative estimate of drug-likeness (QED) is 0.732. The maximum Gasteiger partial charge on any atom is 0.316 e. The van der Waals surface area contributed by atoms with Crippen molar-refractivity contribution in [3.05, 3.63) is 41.0 Å². The zero-order valence-corrected chi connectivity index (χ0v) is 13.5. The Balaban J connectivity index is 2.19. The largest absolute Gasteiger partial charge is 0.351 e. The number of rotatable bonds is 4.